The molecular formula is C13H21NO3. The van der Waals surface area contributed by atoms with Gasteiger partial charge in [0.25, 0.3) is 0 Å². The van der Waals surface area contributed by atoms with Crippen molar-refractivity contribution in [2.75, 3.05) is 13.1 Å². The molecule has 1 atom stereocenters. The molecule has 0 aromatic rings. The smallest absolute Gasteiger partial charge is 0.310 e. The minimum absolute atomic E-state index is 0.0183. The van der Waals surface area contributed by atoms with Crippen LogP contribution < -0.4 is 0 Å². The van der Waals surface area contributed by atoms with Crippen molar-refractivity contribution in [3.63, 3.8) is 0 Å². The lowest BCUT2D eigenvalue weighted by molar-refractivity contribution is -0.155. The molecule has 0 heterocycles. The van der Waals surface area contributed by atoms with E-state index < -0.39 is 11.4 Å². The molecule has 1 unspecified atom stereocenters. The van der Waals surface area contributed by atoms with Gasteiger partial charge in [-0.1, -0.05) is 19.8 Å². The largest absolute Gasteiger partial charge is 0.481 e. The molecule has 17 heavy (non-hydrogen) atoms. The highest BCUT2D eigenvalue weighted by Crippen LogP contribution is 2.32. The fraction of sp³-hybridized carbons (Fsp3) is 0.692. The van der Waals surface area contributed by atoms with E-state index in [1.807, 2.05) is 6.92 Å². The molecule has 0 aromatic carbocycles. The number of hydrogen-bond acceptors (Lipinski definition) is 2. The van der Waals surface area contributed by atoms with E-state index in [4.69, 9.17) is 6.42 Å². The van der Waals surface area contributed by atoms with E-state index in [0.29, 0.717) is 6.54 Å². The van der Waals surface area contributed by atoms with E-state index >= 15 is 0 Å². The third-order valence-corrected chi connectivity index (χ3v) is 3.30. The van der Waals surface area contributed by atoms with Gasteiger partial charge in [0.15, 0.2) is 0 Å². The molecule has 0 bridgehead atoms. The van der Waals surface area contributed by atoms with Crippen molar-refractivity contribution in [1.29, 1.82) is 0 Å². The highest BCUT2D eigenvalue weighted by Gasteiger charge is 2.39. The van der Waals surface area contributed by atoms with Gasteiger partial charge < -0.3 is 10.0 Å². The van der Waals surface area contributed by atoms with Crippen LogP contribution in [0.5, 0.6) is 0 Å². The molecule has 1 N–H and O–H groups in total. The molecule has 0 spiro atoms. The SMILES string of the molecule is C#CCN(CC)C(=O)CC(C)(C(=O)O)C(C)C. The predicted molar refractivity (Wildman–Crippen MR) is 66.3 cm³/mol. The summed E-state index contributed by atoms with van der Waals surface area (Å²) in [4.78, 5) is 24.7. The monoisotopic (exact) mass is 239 g/mol. The number of terminal acetylenes is 1. The van der Waals surface area contributed by atoms with Gasteiger partial charge in [-0.25, -0.2) is 0 Å². The molecule has 0 fully saturated rings. The third-order valence-electron chi connectivity index (χ3n) is 3.30. The lowest BCUT2D eigenvalue weighted by atomic mass is 9.76. The van der Waals surface area contributed by atoms with Crippen LogP contribution in [-0.4, -0.2) is 35.0 Å². The van der Waals surface area contributed by atoms with Gasteiger partial charge in [0.1, 0.15) is 0 Å². The molecule has 4 nitrogen and oxygen atoms in total. The number of hydrogen-bond donors (Lipinski definition) is 1. The van der Waals surface area contributed by atoms with Gasteiger partial charge in [-0.2, -0.15) is 0 Å². The van der Waals surface area contributed by atoms with Crippen LogP contribution in [0, 0.1) is 23.7 Å². The van der Waals surface area contributed by atoms with Gasteiger partial charge in [0.05, 0.1) is 12.0 Å². The van der Waals surface area contributed by atoms with Gasteiger partial charge in [-0.05, 0) is 19.8 Å². The first-order chi connectivity index (χ1) is 7.79. The zero-order chi connectivity index (χ0) is 13.6. The van der Waals surface area contributed by atoms with Crippen molar-refractivity contribution in [3.8, 4) is 12.3 Å². The van der Waals surface area contributed by atoms with Gasteiger partial charge >= 0.3 is 5.97 Å². The summed E-state index contributed by atoms with van der Waals surface area (Å²) in [7, 11) is 0. The van der Waals surface area contributed by atoms with Gasteiger partial charge in [0, 0.05) is 13.0 Å². The number of carbonyl (C=O) groups is 2. The zero-order valence-electron chi connectivity index (χ0n) is 11.0. The van der Waals surface area contributed by atoms with Crippen molar-refractivity contribution in [1.82, 2.24) is 4.90 Å². The van der Waals surface area contributed by atoms with Crippen molar-refractivity contribution >= 4 is 11.9 Å². The summed E-state index contributed by atoms with van der Waals surface area (Å²) in [5, 5.41) is 9.23. The predicted octanol–water partition coefficient (Wildman–Crippen LogP) is 1.61. The van der Waals surface area contributed by atoms with Gasteiger partial charge in [0.2, 0.25) is 5.91 Å². The Labute approximate surface area is 103 Å². The first kappa shape index (κ1) is 15.5. The Kier molecular flexibility index (Phi) is 5.73. The molecular weight excluding hydrogens is 218 g/mol. The molecule has 96 valence electrons. The Balaban J connectivity index is 4.85. The lowest BCUT2D eigenvalue weighted by Gasteiger charge is -2.30. The topological polar surface area (TPSA) is 57.6 Å². The van der Waals surface area contributed by atoms with E-state index in [9.17, 15) is 14.7 Å². The van der Waals surface area contributed by atoms with E-state index in [0.717, 1.165) is 0 Å². The first-order valence-electron chi connectivity index (χ1n) is 5.74. The molecule has 0 aliphatic heterocycles. The summed E-state index contributed by atoms with van der Waals surface area (Å²) in [6.45, 7) is 7.75. The van der Waals surface area contributed by atoms with Crippen molar-refractivity contribution in [2.24, 2.45) is 11.3 Å². The molecule has 0 saturated heterocycles. The number of aliphatic carboxylic acids is 1. The van der Waals surface area contributed by atoms with Crippen molar-refractivity contribution < 1.29 is 14.7 Å². The third kappa shape index (κ3) is 3.77. The lowest BCUT2D eigenvalue weighted by Crippen LogP contribution is -2.41. The van der Waals surface area contributed by atoms with Crippen LogP contribution in [0.3, 0.4) is 0 Å². The molecule has 0 aliphatic rings. The van der Waals surface area contributed by atoms with Crippen LogP contribution in [0.15, 0.2) is 0 Å². The second-order valence-electron chi connectivity index (χ2n) is 4.67. The Morgan fingerprint density at radius 1 is 1.47 bits per heavy atom. The minimum atomic E-state index is -1.04. The zero-order valence-corrected chi connectivity index (χ0v) is 11.0. The molecule has 0 radical (unpaired) electrons. The number of carboxylic acids is 1. The molecule has 0 aliphatic carbocycles. The number of amides is 1. The van der Waals surface area contributed by atoms with Gasteiger partial charge in [-0.15, -0.1) is 6.42 Å². The Hall–Kier alpha value is -1.50. The van der Waals surface area contributed by atoms with Gasteiger partial charge in [-0.3, -0.25) is 9.59 Å². The standard InChI is InChI=1S/C13H21NO3/c1-6-8-14(7-2)11(15)9-13(5,10(3)4)12(16)17/h1,10H,7-9H2,2-5H3,(H,16,17). The molecule has 0 rings (SSSR count). The Morgan fingerprint density at radius 2 is 2.00 bits per heavy atom. The van der Waals surface area contributed by atoms with Crippen LogP contribution in [0.4, 0.5) is 0 Å². The summed E-state index contributed by atoms with van der Waals surface area (Å²) in [5.74, 6) is 1.13. The normalized spacial score (nSPS) is 13.9. The number of nitrogens with zero attached hydrogens (tertiary/aromatic N) is 1. The Morgan fingerprint density at radius 3 is 2.29 bits per heavy atom. The van der Waals surface area contributed by atoms with Crippen molar-refractivity contribution in [2.45, 2.75) is 34.1 Å². The fourth-order valence-electron chi connectivity index (χ4n) is 1.44. The average Bonchev–Trinajstić information content (AvgIpc) is 2.24. The summed E-state index contributed by atoms with van der Waals surface area (Å²) in [5.41, 5.74) is -1.04. The summed E-state index contributed by atoms with van der Waals surface area (Å²) >= 11 is 0. The van der Waals surface area contributed by atoms with E-state index in [1.165, 1.54) is 4.90 Å². The van der Waals surface area contributed by atoms with E-state index in [2.05, 4.69) is 5.92 Å². The average molecular weight is 239 g/mol. The summed E-state index contributed by atoms with van der Waals surface area (Å²) in [6, 6.07) is 0. The van der Waals surface area contributed by atoms with Crippen LogP contribution >= 0.6 is 0 Å². The highest BCUT2D eigenvalue weighted by molar-refractivity contribution is 5.85. The van der Waals surface area contributed by atoms with Crippen LogP contribution in [-0.2, 0) is 9.59 Å². The first-order valence-corrected chi connectivity index (χ1v) is 5.74. The van der Waals surface area contributed by atoms with Crippen LogP contribution in [0.25, 0.3) is 0 Å². The second-order valence-corrected chi connectivity index (χ2v) is 4.67. The number of carbonyl (C=O) groups excluding carboxylic acids is 1. The molecule has 4 heteroatoms. The maximum absolute atomic E-state index is 12.0. The quantitative estimate of drug-likeness (QED) is 0.716. The number of carboxylic acid groups (broad SMARTS) is 1. The number of rotatable bonds is 6. The molecule has 0 aromatic heterocycles. The maximum atomic E-state index is 12.0. The van der Waals surface area contributed by atoms with Crippen LogP contribution in [0.1, 0.15) is 34.1 Å². The summed E-state index contributed by atoms with van der Waals surface area (Å²) in [6.07, 6.45) is 5.15. The van der Waals surface area contributed by atoms with Crippen LogP contribution in [0.2, 0.25) is 0 Å². The van der Waals surface area contributed by atoms with E-state index in [-0.39, 0.29) is 24.8 Å². The fourth-order valence-corrected chi connectivity index (χ4v) is 1.44. The van der Waals surface area contributed by atoms with E-state index in [1.54, 1.807) is 20.8 Å². The second kappa shape index (κ2) is 6.29. The minimum Gasteiger partial charge on any atom is -0.481 e. The Bertz CT molecular complexity index is 330. The highest BCUT2D eigenvalue weighted by atomic mass is 16.4. The molecule has 0 saturated carbocycles. The molecule has 1 amide bonds. The van der Waals surface area contributed by atoms with Crippen molar-refractivity contribution in [3.05, 3.63) is 0 Å². The maximum Gasteiger partial charge on any atom is 0.310 e. The summed E-state index contributed by atoms with van der Waals surface area (Å²) < 4.78 is 0.